The number of hydrogen-bond acceptors (Lipinski definition) is 24. The standard InChI is InChI=1S/C29H42N4O5.C29H40N4O4S.C28H40N4O4S.C27H38N4O4S/c1-17(19-9-11-20(12-10-19)24-18(2)30-16-38-24)31-26(36)22-13-21(34)15-33(22)27(37)25(29(6,7)8)32-23(35)14-28(3,4)5;1-17(19-9-11-21(12-10-19)26-18(2)30-16-38-26)31-27(36)23-13-22(34)15-33(23)28(37)25(20-7-6-8-20)32-24(35)14-29(3,4)5;1-17-23(37-16-30-17)19-10-8-18(9-11-19)14-29-25(35)21-12-20(33)15-32(21)26(36)24(28(5,6)7)31-22(34)13-27(2,3)4;1-16(2)23(30-22(33)12-27(4,5)6)26(35)31-14-20(32)11-21(31)25(34)28-13-18-7-9-19(10-8-18)24-17(3)29-15-36-24/h9-12,16-17,21-22,25,34H,13-15H2,1-8H3,(H,31,36)(H,32,35);9-12,16-17,20,22-23,25,34H,6-8,13-15H2,1-5H3,(H,31,36)(H,32,35);8-11,16,20-21,24,33H,12-15H2,1-7H3,(H,29,35)(H,31,34);7-10,15-16,20-21,23,32H,11-14H2,1-6H3,(H,28,34)(H,30,33). The Balaban J connectivity index is 0.000000203. The summed E-state index contributed by atoms with van der Waals surface area (Å²) in [6.45, 7) is 51.1. The average molecular weight is 2110 g/mol. The van der Waals surface area contributed by atoms with Crippen LogP contribution in [0.3, 0.4) is 0 Å². The van der Waals surface area contributed by atoms with Gasteiger partial charge in [-0.1, -0.05) is 242 Å². The molecule has 12 amide bonds. The van der Waals surface area contributed by atoms with Crippen molar-refractivity contribution in [3.8, 4) is 42.6 Å². The highest BCUT2D eigenvalue weighted by Crippen LogP contribution is 2.39. The van der Waals surface area contributed by atoms with Crippen LogP contribution in [0.2, 0.25) is 0 Å². The van der Waals surface area contributed by atoms with E-state index in [1.165, 1.54) is 26.0 Å². The molecule has 1 saturated carbocycles. The molecule has 36 heteroatoms. The maximum Gasteiger partial charge on any atom is 0.246 e. The highest BCUT2D eigenvalue weighted by Gasteiger charge is 2.50. The molecule has 0 bridgehead atoms. The Morgan fingerprint density at radius 3 is 0.960 bits per heavy atom. The van der Waals surface area contributed by atoms with Crippen LogP contribution in [-0.4, -0.2) is 230 Å². The van der Waals surface area contributed by atoms with E-state index in [1.807, 2.05) is 294 Å². The Morgan fingerprint density at radius 2 is 0.671 bits per heavy atom. The number of likely N-dealkylation sites (tertiary alicyclic amines) is 4. The lowest BCUT2D eigenvalue weighted by molar-refractivity contribution is -0.144. The largest absolute Gasteiger partial charge is 0.443 e. The molecule has 4 aliphatic heterocycles. The van der Waals surface area contributed by atoms with Crippen molar-refractivity contribution in [1.29, 1.82) is 0 Å². The van der Waals surface area contributed by atoms with E-state index in [1.54, 1.807) is 34.0 Å². The van der Waals surface area contributed by atoms with Crippen LogP contribution in [0.25, 0.3) is 42.6 Å². The van der Waals surface area contributed by atoms with E-state index < -0.39 is 83.6 Å². The average Bonchev–Trinajstić information content (AvgIpc) is 1.67. The first-order valence-corrected chi connectivity index (χ1v) is 54.4. The maximum atomic E-state index is 13.7. The number of aliphatic hydroxyl groups is 4. The molecule has 1 aliphatic carbocycles. The molecule has 4 aromatic heterocycles. The minimum atomic E-state index is -0.833. The van der Waals surface area contributed by atoms with Gasteiger partial charge < -0.3 is 87.0 Å². The molecule has 33 nitrogen and oxygen atoms in total. The molecule has 14 unspecified atom stereocenters. The van der Waals surface area contributed by atoms with Gasteiger partial charge in [-0.25, -0.2) is 19.9 Å². The first kappa shape index (κ1) is 119. The summed E-state index contributed by atoms with van der Waals surface area (Å²) in [5, 5.41) is 64.9. The summed E-state index contributed by atoms with van der Waals surface area (Å²) >= 11 is 4.77. The molecule has 13 rings (SSSR count). The second kappa shape index (κ2) is 51.1. The molecule has 4 aromatic carbocycles. The van der Waals surface area contributed by atoms with Gasteiger partial charge in [0, 0.05) is 96.2 Å². The van der Waals surface area contributed by atoms with Crippen LogP contribution in [-0.2, 0) is 70.6 Å². The molecule has 5 fully saturated rings. The van der Waals surface area contributed by atoms with Crippen molar-refractivity contribution >= 4 is 105 Å². The normalized spacial score (nSPS) is 19.8. The van der Waals surface area contributed by atoms with Crippen LogP contribution in [0.4, 0.5) is 0 Å². The summed E-state index contributed by atoms with van der Waals surface area (Å²) in [5.74, 6) is -2.79. The number of β-amino-alcohol motifs (C(OH)–C–C–N with tert-alkyl or cyclic N) is 4. The molecule has 12 N–H and O–H groups in total. The van der Waals surface area contributed by atoms with Gasteiger partial charge >= 0.3 is 0 Å². The zero-order valence-electron chi connectivity index (χ0n) is 91.7. The third-order valence-electron chi connectivity index (χ3n) is 26.9. The highest BCUT2D eigenvalue weighted by atomic mass is 32.1. The monoisotopic (exact) mass is 2110 g/mol. The summed E-state index contributed by atoms with van der Waals surface area (Å²) in [6, 6.07) is 24.7. The minimum absolute atomic E-state index is 0.0399. The number of carbonyl (C=O) groups is 12. The van der Waals surface area contributed by atoms with Crippen molar-refractivity contribution in [3.05, 3.63) is 165 Å². The van der Waals surface area contributed by atoms with E-state index in [4.69, 9.17) is 4.42 Å². The number of carbonyl (C=O) groups excluding carboxylic acids is 12. The van der Waals surface area contributed by atoms with E-state index in [-0.39, 0.29) is 188 Å². The number of nitrogens with one attached hydrogen (secondary N) is 8. The van der Waals surface area contributed by atoms with Crippen molar-refractivity contribution in [3.63, 3.8) is 0 Å². The number of aromatic nitrogens is 4. The van der Waals surface area contributed by atoms with E-state index in [9.17, 15) is 78.0 Å². The zero-order chi connectivity index (χ0) is 110. The highest BCUT2D eigenvalue weighted by molar-refractivity contribution is 7.14. The fourth-order valence-corrected chi connectivity index (χ4v) is 21.2. The van der Waals surface area contributed by atoms with Gasteiger partial charge in [0.05, 0.1) is 90.4 Å². The number of aliphatic hydroxyl groups excluding tert-OH is 4. The van der Waals surface area contributed by atoms with Gasteiger partial charge in [0.25, 0.3) is 0 Å². The quantitative estimate of drug-likeness (QED) is 0.0199. The third kappa shape index (κ3) is 34.2. The molecular formula is C113H160N16O17S3. The van der Waals surface area contributed by atoms with Crippen LogP contribution in [0.5, 0.6) is 0 Å². The van der Waals surface area contributed by atoms with Crippen LogP contribution in [0.15, 0.2) is 124 Å². The Bertz CT molecular complexity index is 5910. The summed E-state index contributed by atoms with van der Waals surface area (Å²) in [7, 11) is 0. The van der Waals surface area contributed by atoms with Crippen LogP contribution in [0.1, 0.15) is 280 Å². The van der Waals surface area contributed by atoms with Gasteiger partial charge in [-0.3, -0.25) is 57.5 Å². The third-order valence-corrected chi connectivity index (χ3v) is 29.9. The van der Waals surface area contributed by atoms with Gasteiger partial charge in [-0.15, -0.1) is 34.0 Å². The number of amides is 12. The molecule has 149 heavy (non-hydrogen) atoms. The molecule has 0 radical (unpaired) electrons. The minimum Gasteiger partial charge on any atom is -0.443 e. The van der Waals surface area contributed by atoms with Crippen LogP contribution >= 0.6 is 34.0 Å². The van der Waals surface area contributed by atoms with E-state index >= 15 is 0 Å². The van der Waals surface area contributed by atoms with Crippen molar-refractivity contribution in [2.24, 2.45) is 44.3 Å². The van der Waals surface area contributed by atoms with Crippen molar-refractivity contribution in [2.45, 2.75) is 349 Å². The molecule has 0 spiro atoms. The Kier molecular flexibility index (Phi) is 40.9. The molecule has 8 heterocycles. The Hall–Kier alpha value is -11.5. The second-order valence-electron chi connectivity index (χ2n) is 47.9. The summed E-state index contributed by atoms with van der Waals surface area (Å²) in [4.78, 5) is 184. The van der Waals surface area contributed by atoms with Gasteiger partial charge in [-0.05, 0) is 138 Å². The molecule has 4 saturated heterocycles. The lowest BCUT2D eigenvalue weighted by Gasteiger charge is -2.37. The summed E-state index contributed by atoms with van der Waals surface area (Å²) in [5.41, 5.74) is 15.0. The fourth-order valence-electron chi connectivity index (χ4n) is 18.8. The van der Waals surface area contributed by atoms with Crippen molar-refractivity contribution < 1.29 is 82.4 Å². The SMILES string of the molecule is Cc1ncoc1-c1ccc(C(C)NC(=O)C2CC(O)CN2C(=O)C(NC(=O)CC(C)(C)C)C(C)(C)C)cc1.Cc1ncsc1-c1ccc(C(C)NC(=O)C2CC(O)CN2C(=O)C(NC(=O)CC(C)(C)C)C2CCC2)cc1.Cc1ncsc1-c1ccc(CNC(=O)C2CC(O)CN2C(=O)C(NC(=O)CC(C)(C)C)C(C)(C)C)cc1.Cc1ncsc1-c1ccc(CNC(=O)C2CC(O)CN2C(=O)C(NC(=O)CC(C)(C)C)C(C)C)cc1. The molecule has 8 aromatic rings. The van der Waals surface area contributed by atoms with E-state index in [2.05, 4.69) is 62.5 Å². The lowest BCUT2D eigenvalue weighted by atomic mass is 9.78. The number of thiazole rings is 3. The number of aryl methyl sites for hydroxylation is 4. The van der Waals surface area contributed by atoms with Crippen LogP contribution in [0, 0.1) is 72.0 Å². The molecular weight excluding hydrogens is 1950 g/mol. The smallest absolute Gasteiger partial charge is 0.246 e. The van der Waals surface area contributed by atoms with Crippen molar-refractivity contribution in [2.75, 3.05) is 26.2 Å². The number of rotatable bonds is 30. The topological polar surface area (TPSA) is 460 Å². The Morgan fingerprint density at radius 1 is 0.369 bits per heavy atom. The van der Waals surface area contributed by atoms with Gasteiger partial charge in [-0.2, -0.15) is 0 Å². The number of hydrogen-bond donors (Lipinski definition) is 12. The first-order chi connectivity index (χ1) is 69.5. The lowest BCUT2D eigenvalue weighted by Crippen LogP contribution is -2.58. The summed E-state index contributed by atoms with van der Waals surface area (Å²) in [6.07, 6.45) is 2.79. The zero-order valence-corrected chi connectivity index (χ0v) is 94.2. The fraction of sp³-hybridized carbons (Fsp3) is 0.575. The van der Waals surface area contributed by atoms with Gasteiger partial charge in [0.15, 0.2) is 12.2 Å². The van der Waals surface area contributed by atoms with E-state index in [0.717, 1.165) is 101 Å². The summed E-state index contributed by atoms with van der Waals surface area (Å²) < 4.78 is 5.45. The number of benzene rings is 4. The molecule has 5 aliphatic rings. The van der Waals surface area contributed by atoms with Crippen LogP contribution < -0.4 is 42.5 Å². The second-order valence-corrected chi connectivity index (χ2v) is 50.5. The maximum absolute atomic E-state index is 13.7. The van der Waals surface area contributed by atoms with Crippen molar-refractivity contribution in [1.82, 2.24) is 82.1 Å². The number of oxazole rings is 1. The van der Waals surface area contributed by atoms with Gasteiger partial charge in [0.2, 0.25) is 70.9 Å². The van der Waals surface area contributed by atoms with E-state index in [0.29, 0.717) is 25.3 Å². The first-order valence-electron chi connectivity index (χ1n) is 51.8. The molecule has 14 atom stereocenters. The molecule has 812 valence electrons. The Labute approximate surface area is 890 Å². The predicted octanol–water partition coefficient (Wildman–Crippen LogP) is 14.7. The number of nitrogens with zero attached hydrogens (tertiary/aromatic N) is 8. The van der Waals surface area contributed by atoms with Gasteiger partial charge in [0.1, 0.15) is 48.3 Å². The predicted molar refractivity (Wildman–Crippen MR) is 580 cm³/mol.